The highest BCUT2D eigenvalue weighted by atomic mass is 35.5. The lowest BCUT2D eigenvalue weighted by molar-refractivity contribution is 0.394. The van der Waals surface area contributed by atoms with E-state index in [9.17, 15) is 0 Å². The lowest BCUT2D eigenvalue weighted by atomic mass is 10.1. The molecule has 0 fully saturated rings. The third-order valence-corrected chi connectivity index (χ3v) is 4.01. The van der Waals surface area contributed by atoms with Crippen molar-refractivity contribution in [1.29, 1.82) is 0 Å². The quantitative estimate of drug-likeness (QED) is 0.763. The predicted molar refractivity (Wildman–Crippen MR) is 106 cm³/mol. The Hall–Kier alpha value is -2.66. The van der Waals surface area contributed by atoms with E-state index < -0.39 is 0 Å². The van der Waals surface area contributed by atoms with E-state index in [0.717, 1.165) is 27.7 Å². The van der Waals surface area contributed by atoms with Gasteiger partial charge in [-0.15, -0.1) is 12.4 Å². The van der Waals surface area contributed by atoms with Crippen molar-refractivity contribution in [1.82, 2.24) is 4.98 Å². The van der Waals surface area contributed by atoms with Gasteiger partial charge < -0.3 is 20.1 Å². The predicted octanol–water partition coefficient (Wildman–Crippen LogP) is 3.99. The van der Waals surface area contributed by atoms with Crippen LogP contribution in [0.3, 0.4) is 0 Å². The van der Waals surface area contributed by atoms with Crippen molar-refractivity contribution in [3.63, 3.8) is 0 Å². The van der Waals surface area contributed by atoms with Gasteiger partial charge in [-0.2, -0.15) is 0 Å². The summed E-state index contributed by atoms with van der Waals surface area (Å²) in [6.07, 6.45) is 0. The first-order chi connectivity index (χ1) is 11.5. The van der Waals surface area contributed by atoms with Gasteiger partial charge in [0.1, 0.15) is 17.3 Å². The monoisotopic (exact) mass is 359 g/mol. The minimum absolute atomic E-state index is 0. The SMILES string of the molecule is COc1cc(OC)cc(-c2cc3ccc(N(C)C)cc3c(N)n2)c1.Cl. The summed E-state index contributed by atoms with van der Waals surface area (Å²) in [5.74, 6) is 1.94. The fourth-order valence-electron chi connectivity index (χ4n) is 2.64. The molecular formula is C19H22ClN3O2. The molecule has 6 heteroatoms. The fourth-order valence-corrected chi connectivity index (χ4v) is 2.64. The molecule has 2 aromatic carbocycles. The summed E-state index contributed by atoms with van der Waals surface area (Å²) in [6.45, 7) is 0. The zero-order valence-corrected chi connectivity index (χ0v) is 15.6. The van der Waals surface area contributed by atoms with Gasteiger partial charge in [-0.3, -0.25) is 0 Å². The van der Waals surface area contributed by atoms with Gasteiger partial charge in [0.25, 0.3) is 0 Å². The van der Waals surface area contributed by atoms with Gasteiger partial charge in [-0.1, -0.05) is 6.07 Å². The minimum atomic E-state index is 0. The molecule has 0 spiro atoms. The van der Waals surface area contributed by atoms with E-state index in [1.54, 1.807) is 14.2 Å². The molecule has 0 aliphatic carbocycles. The van der Waals surface area contributed by atoms with E-state index in [1.165, 1.54) is 0 Å². The lowest BCUT2D eigenvalue weighted by Crippen LogP contribution is -2.08. The number of ether oxygens (including phenoxy) is 2. The van der Waals surface area contributed by atoms with Gasteiger partial charge in [-0.05, 0) is 35.7 Å². The highest BCUT2D eigenvalue weighted by Crippen LogP contribution is 2.33. The summed E-state index contributed by atoms with van der Waals surface area (Å²) < 4.78 is 10.7. The molecule has 1 aromatic heterocycles. The fraction of sp³-hybridized carbons (Fsp3) is 0.211. The Bertz CT molecular complexity index is 875. The number of fused-ring (bicyclic) bond motifs is 1. The van der Waals surface area contributed by atoms with E-state index in [2.05, 4.69) is 17.1 Å². The molecule has 0 amide bonds. The molecule has 0 atom stereocenters. The molecule has 5 nitrogen and oxygen atoms in total. The second kappa shape index (κ2) is 7.49. The van der Waals surface area contributed by atoms with Crippen molar-refractivity contribution in [2.24, 2.45) is 0 Å². The molecule has 0 radical (unpaired) electrons. The Morgan fingerprint density at radius 2 is 1.56 bits per heavy atom. The van der Waals surface area contributed by atoms with Crippen LogP contribution >= 0.6 is 12.4 Å². The number of hydrogen-bond donors (Lipinski definition) is 1. The van der Waals surface area contributed by atoms with Crippen LogP contribution < -0.4 is 20.1 Å². The number of nitrogens with zero attached hydrogens (tertiary/aromatic N) is 2. The van der Waals surface area contributed by atoms with Crippen LogP contribution in [0.2, 0.25) is 0 Å². The highest BCUT2D eigenvalue weighted by molar-refractivity contribution is 5.96. The number of nitrogens with two attached hydrogens (primary N) is 1. The summed E-state index contributed by atoms with van der Waals surface area (Å²) in [5, 5.41) is 1.99. The van der Waals surface area contributed by atoms with Crippen LogP contribution in [0.25, 0.3) is 22.0 Å². The number of pyridine rings is 1. The first-order valence-electron chi connectivity index (χ1n) is 7.63. The van der Waals surface area contributed by atoms with Crippen molar-refractivity contribution < 1.29 is 9.47 Å². The average molecular weight is 360 g/mol. The van der Waals surface area contributed by atoms with E-state index in [0.29, 0.717) is 17.3 Å². The van der Waals surface area contributed by atoms with Crippen molar-refractivity contribution in [3.05, 3.63) is 42.5 Å². The minimum Gasteiger partial charge on any atom is -0.497 e. The summed E-state index contributed by atoms with van der Waals surface area (Å²) in [6, 6.07) is 13.9. The lowest BCUT2D eigenvalue weighted by Gasteiger charge is -2.14. The van der Waals surface area contributed by atoms with Crippen LogP contribution in [-0.4, -0.2) is 33.3 Å². The smallest absolute Gasteiger partial charge is 0.132 e. The molecule has 0 unspecified atom stereocenters. The Morgan fingerprint density at radius 3 is 2.12 bits per heavy atom. The normalized spacial score (nSPS) is 10.2. The molecule has 3 aromatic rings. The molecule has 0 saturated carbocycles. The van der Waals surface area contributed by atoms with Gasteiger partial charge in [0.2, 0.25) is 0 Å². The summed E-state index contributed by atoms with van der Waals surface area (Å²) in [7, 11) is 7.26. The summed E-state index contributed by atoms with van der Waals surface area (Å²) in [5.41, 5.74) is 8.99. The highest BCUT2D eigenvalue weighted by Gasteiger charge is 2.10. The van der Waals surface area contributed by atoms with Gasteiger partial charge in [-0.25, -0.2) is 4.98 Å². The summed E-state index contributed by atoms with van der Waals surface area (Å²) >= 11 is 0. The first kappa shape index (κ1) is 18.7. The van der Waals surface area contributed by atoms with Crippen LogP contribution in [0.5, 0.6) is 11.5 Å². The van der Waals surface area contributed by atoms with E-state index in [1.807, 2.05) is 49.3 Å². The number of methoxy groups -OCH3 is 2. The van der Waals surface area contributed by atoms with Crippen LogP contribution in [0.15, 0.2) is 42.5 Å². The van der Waals surface area contributed by atoms with Crippen molar-refractivity contribution in [2.45, 2.75) is 0 Å². The number of rotatable bonds is 4. The zero-order chi connectivity index (χ0) is 17.3. The van der Waals surface area contributed by atoms with E-state index in [-0.39, 0.29) is 12.4 Å². The number of benzene rings is 2. The Balaban J connectivity index is 0.00000225. The number of hydrogen-bond acceptors (Lipinski definition) is 5. The number of aromatic nitrogens is 1. The average Bonchev–Trinajstić information content (AvgIpc) is 2.60. The standard InChI is InChI=1S/C19H21N3O2.ClH/c1-22(2)14-6-5-12-9-18(21-19(20)17(12)10-14)13-7-15(23-3)11-16(8-13)24-4;/h5-11H,1-4H3,(H2,20,21);1H. The van der Waals surface area contributed by atoms with Crippen molar-refractivity contribution >= 4 is 34.7 Å². The third kappa shape index (κ3) is 3.72. The molecule has 0 bridgehead atoms. The van der Waals surface area contributed by atoms with Crippen LogP contribution in [0, 0.1) is 0 Å². The van der Waals surface area contributed by atoms with E-state index >= 15 is 0 Å². The molecule has 1 heterocycles. The molecule has 0 aliphatic rings. The Labute approximate surface area is 153 Å². The summed E-state index contributed by atoms with van der Waals surface area (Å²) in [4.78, 5) is 6.61. The topological polar surface area (TPSA) is 60.6 Å². The van der Waals surface area contributed by atoms with Crippen molar-refractivity contribution in [3.8, 4) is 22.8 Å². The second-order valence-corrected chi connectivity index (χ2v) is 5.79. The molecule has 0 saturated heterocycles. The van der Waals surface area contributed by atoms with Gasteiger partial charge in [0, 0.05) is 36.8 Å². The maximum atomic E-state index is 6.21. The van der Waals surface area contributed by atoms with Crippen LogP contribution in [0.4, 0.5) is 11.5 Å². The van der Waals surface area contributed by atoms with Gasteiger partial charge >= 0.3 is 0 Å². The van der Waals surface area contributed by atoms with E-state index in [4.69, 9.17) is 15.2 Å². The molecular weight excluding hydrogens is 338 g/mol. The number of anilines is 2. The van der Waals surface area contributed by atoms with Gasteiger partial charge in [0.05, 0.1) is 19.9 Å². The van der Waals surface area contributed by atoms with Crippen LogP contribution in [-0.2, 0) is 0 Å². The number of nitrogen functional groups attached to an aromatic ring is 1. The maximum Gasteiger partial charge on any atom is 0.132 e. The number of halogens is 1. The second-order valence-electron chi connectivity index (χ2n) is 5.79. The molecule has 25 heavy (non-hydrogen) atoms. The van der Waals surface area contributed by atoms with Gasteiger partial charge in [0.15, 0.2) is 0 Å². The molecule has 3 rings (SSSR count). The van der Waals surface area contributed by atoms with Crippen molar-refractivity contribution in [2.75, 3.05) is 38.9 Å². The zero-order valence-electron chi connectivity index (χ0n) is 14.7. The Morgan fingerprint density at radius 1 is 0.920 bits per heavy atom. The third-order valence-electron chi connectivity index (χ3n) is 4.01. The molecule has 132 valence electrons. The Kier molecular flexibility index (Phi) is 5.59. The maximum absolute atomic E-state index is 6.21. The molecule has 2 N–H and O–H groups in total. The molecule has 0 aliphatic heterocycles. The van der Waals surface area contributed by atoms with Crippen LogP contribution in [0.1, 0.15) is 0 Å². The first-order valence-corrected chi connectivity index (χ1v) is 7.63. The largest absolute Gasteiger partial charge is 0.497 e.